The van der Waals surface area contributed by atoms with Crippen LogP contribution in [0.5, 0.6) is 0 Å². The van der Waals surface area contributed by atoms with E-state index < -0.39 is 46.9 Å². The van der Waals surface area contributed by atoms with Gasteiger partial charge in [-0.15, -0.1) is 0 Å². The van der Waals surface area contributed by atoms with E-state index >= 15 is 0 Å². The van der Waals surface area contributed by atoms with Crippen LogP contribution in [0.25, 0.3) is 10.9 Å². The summed E-state index contributed by atoms with van der Waals surface area (Å²) in [5, 5.41) is 8.92. The molecule has 3 aromatic rings. The molecule has 0 radical (unpaired) electrons. The lowest BCUT2D eigenvalue weighted by Gasteiger charge is -2.15. The average molecular weight is 383 g/mol. The highest BCUT2D eigenvalue weighted by molar-refractivity contribution is 5.92. The normalized spacial score (nSPS) is 11.7. The zero-order chi connectivity index (χ0) is 19.9. The number of carboxylic acid groups (broad SMARTS) is 1. The maximum Gasteiger partial charge on any atom is 0.416 e. The van der Waals surface area contributed by atoms with E-state index in [9.17, 15) is 31.5 Å². The number of benzene rings is 2. The number of hydrogen-bond donors (Lipinski definition) is 1. The van der Waals surface area contributed by atoms with Gasteiger partial charge in [0.1, 0.15) is 17.2 Å². The smallest absolute Gasteiger partial charge is 0.416 e. The fourth-order valence-corrected chi connectivity index (χ4v) is 2.79. The summed E-state index contributed by atoms with van der Waals surface area (Å²) >= 11 is 0. The zero-order valence-electron chi connectivity index (χ0n) is 13.3. The van der Waals surface area contributed by atoms with Gasteiger partial charge in [-0.25, -0.2) is 13.6 Å². The predicted molar refractivity (Wildman–Crippen MR) is 85.6 cm³/mol. The molecule has 1 N–H and O–H groups in total. The van der Waals surface area contributed by atoms with Gasteiger partial charge in [0.15, 0.2) is 0 Å². The van der Waals surface area contributed by atoms with Gasteiger partial charge in [-0.3, -0.25) is 4.79 Å². The molecule has 9 heteroatoms. The van der Waals surface area contributed by atoms with Crippen LogP contribution in [0.2, 0.25) is 0 Å². The second-order valence-electron chi connectivity index (χ2n) is 5.79. The number of aromatic nitrogens is 1. The Morgan fingerprint density at radius 3 is 2.44 bits per heavy atom. The third-order valence-electron chi connectivity index (χ3n) is 3.92. The summed E-state index contributed by atoms with van der Waals surface area (Å²) in [6.45, 7) is -0.473. The van der Waals surface area contributed by atoms with Gasteiger partial charge in [-0.05, 0) is 35.9 Å². The highest BCUT2D eigenvalue weighted by atomic mass is 19.4. The number of nitrogens with zero attached hydrogens (tertiary/aromatic N) is 1. The highest BCUT2D eigenvalue weighted by Gasteiger charge is 2.31. The molecule has 2 aromatic carbocycles. The molecule has 0 aliphatic heterocycles. The lowest BCUT2D eigenvalue weighted by molar-refractivity contribution is -0.137. The van der Waals surface area contributed by atoms with E-state index in [-0.39, 0.29) is 16.5 Å². The maximum absolute atomic E-state index is 14.2. The Kier molecular flexibility index (Phi) is 4.46. The summed E-state index contributed by atoms with van der Waals surface area (Å²) in [6, 6.07) is 5.24. The standard InChI is InChI=1S/C18H10F5NO3/c19-11-5-9(4-10(6-11)18(21,22)23)7-24-8-13(17(26)27)16(25)12-2-1-3-14(20)15(12)24/h1-6,8H,7H2,(H,26,27). The number of rotatable bonds is 3. The zero-order valence-corrected chi connectivity index (χ0v) is 13.3. The molecule has 0 amide bonds. The molecule has 0 spiro atoms. The Morgan fingerprint density at radius 1 is 1.11 bits per heavy atom. The van der Waals surface area contributed by atoms with Gasteiger partial charge in [0.05, 0.1) is 11.1 Å². The van der Waals surface area contributed by atoms with Crippen LogP contribution < -0.4 is 5.43 Å². The summed E-state index contributed by atoms with van der Waals surface area (Å²) in [6.07, 6.45) is -3.96. The number of carbonyl (C=O) groups is 1. The first-order valence-electron chi connectivity index (χ1n) is 7.49. The lowest BCUT2D eigenvalue weighted by atomic mass is 10.1. The molecular weight excluding hydrogens is 373 g/mol. The Hall–Kier alpha value is -3.23. The second-order valence-corrected chi connectivity index (χ2v) is 5.79. The van der Waals surface area contributed by atoms with Crippen molar-refractivity contribution >= 4 is 16.9 Å². The topological polar surface area (TPSA) is 59.3 Å². The van der Waals surface area contributed by atoms with Crippen molar-refractivity contribution in [3.05, 3.63) is 81.1 Å². The van der Waals surface area contributed by atoms with Crippen molar-refractivity contribution in [2.45, 2.75) is 12.7 Å². The first-order chi connectivity index (χ1) is 12.6. The number of hydrogen-bond acceptors (Lipinski definition) is 2. The number of halogens is 5. The minimum Gasteiger partial charge on any atom is -0.477 e. The molecule has 0 aliphatic carbocycles. The van der Waals surface area contributed by atoms with Gasteiger partial charge in [-0.2, -0.15) is 13.2 Å². The molecule has 1 aromatic heterocycles. The van der Waals surface area contributed by atoms with Gasteiger partial charge < -0.3 is 9.67 Å². The van der Waals surface area contributed by atoms with E-state index in [0.29, 0.717) is 12.1 Å². The molecule has 0 saturated heterocycles. The second kappa shape index (κ2) is 6.49. The predicted octanol–water partition coefficient (Wildman–Crippen LogP) is 4.05. The van der Waals surface area contributed by atoms with E-state index in [2.05, 4.69) is 0 Å². The molecule has 0 saturated carbocycles. The van der Waals surface area contributed by atoms with Crippen LogP contribution in [0.4, 0.5) is 22.0 Å². The number of fused-ring (bicyclic) bond motifs is 1. The number of carboxylic acids is 1. The van der Waals surface area contributed by atoms with Gasteiger partial charge in [0, 0.05) is 18.1 Å². The van der Waals surface area contributed by atoms with Crippen molar-refractivity contribution < 1.29 is 31.9 Å². The van der Waals surface area contributed by atoms with Crippen molar-refractivity contribution in [1.82, 2.24) is 4.57 Å². The largest absolute Gasteiger partial charge is 0.477 e. The molecule has 0 bridgehead atoms. The van der Waals surface area contributed by atoms with Crippen LogP contribution in [-0.2, 0) is 12.7 Å². The quantitative estimate of drug-likeness (QED) is 0.695. The SMILES string of the molecule is O=C(O)c1cn(Cc2cc(F)cc(C(F)(F)F)c2)c2c(F)cccc2c1=O. The molecule has 0 atom stereocenters. The summed E-state index contributed by atoms with van der Waals surface area (Å²) in [4.78, 5) is 23.5. The third-order valence-corrected chi connectivity index (χ3v) is 3.92. The van der Waals surface area contributed by atoms with E-state index in [1.807, 2.05) is 0 Å². The number of para-hydroxylation sites is 1. The van der Waals surface area contributed by atoms with Crippen LogP contribution in [0.3, 0.4) is 0 Å². The van der Waals surface area contributed by atoms with Gasteiger partial charge in [0.2, 0.25) is 5.43 Å². The Morgan fingerprint density at radius 2 is 1.81 bits per heavy atom. The summed E-state index contributed by atoms with van der Waals surface area (Å²) in [5.74, 6) is -3.59. The molecule has 140 valence electrons. The van der Waals surface area contributed by atoms with E-state index in [1.54, 1.807) is 0 Å². The first kappa shape index (κ1) is 18.6. The van der Waals surface area contributed by atoms with Gasteiger partial charge >= 0.3 is 12.1 Å². The van der Waals surface area contributed by atoms with Crippen molar-refractivity contribution in [1.29, 1.82) is 0 Å². The van der Waals surface area contributed by atoms with E-state index in [0.717, 1.165) is 22.9 Å². The van der Waals surface area contributed by atoms with Crippen molar-refractivity contribution in [2.24, 2.45) is 0 Å². The Bertz CT molecular complexity index is 1120. The van der Waals surface area contributed by atoms with Crippen LogP contribution in [-0.4, -0.2) is 15.6 Å². The summed E-state index contributed by atoms with van der Waals surface area (Å²) < 4.78 is 67.4. The summed E-state index contributed by atoms with van der Waals surface area (Å²) in [5.41, 5.74) is -3.30. The maximum atomic E-state index is 14.2. The Labute approximate surface area is 148 Å². The van der Waals surface area contributed by atoms with Crippen molar-refractivity contribution in [3.8, 4) is 0 Å². The van der Waals surface area contributed by atoms with Crippen LogP contribution >= 0.6 is 0 Å². The van der Waals surface area contributed by atoms with Crippen LogP contribution in [0.1, 0.15) is 21.5 Å². The fourth-order valence-electron chi connectivity index (χ4n) is 2.79. The number of pyridine rings is 1. The van der Waals surface area contributed by atoms with Crippen molar-refractivity contribution in [2.75, 3.05) is 0 Å². The molecule has 27 heavy (non-hydrogen) atoms. The van der Waals surface area contributed by atoms with Crippen LogP contribution in [0, 0.1) is 11.6 Å². The molecule has 0 fully saturated rings. The number of aromatic carboxylic acids is 1. The molecular formula is C18H10F5NO3. The molecule has 4 nitrogen and oxygen atoms in total. The van der Waals surface area contributed by atoms with Crippen molar-refractivity contribution in [3.63, 3.8) is 0 Å². The number of alkyl halides is 3. The highest BCUT2D eigenvalue weighted by Crippen LogP contribution is 2.31. The molecule has 0 aliphatic rings. The van der Waals surface area contributed by atoms with Crippen LogP contribution in [0.15, 0.2) is 47.4 Å². The fraction of sp³-hybridized carbons (Fsp3) is 0.111. The minimum absolute atomic E-state index is 0.174. The molecule has 1 heterocycles. The average Bonchev–Trinajstić information content (AvgIpc) is 2.56. The molecule has 3 rings (SSSR count). The summed E-state index contributed by atoms with van der Waals surface area (Å²) in [7, 11) is 0. The lowest BCUT2D eigenvalue weighted by Crippen LogP contribution is -2.20. The van der Waals surface area contributed by atoms with E-state index in [4.69, 9.17) is 5.11 Å². The van der Waals surface area contributed by atoms with E-state index in [1.165, 1.54) is 12.1 Å². The van der Waals surface area contributed by atoms with Gasteiger partial charge in [-0.1, -0.05) is 6.07 Å². The molecule has 0 unspecified atom stereocenters. The monoisotopic (exact) mass is 383 g/mol. The minimum atomic E-state index is -4.79. The Balaban J connectivity index is 2.24. The van der Waals surface area contributed by atoms with Gasteiger partial charge in [0.25, 0.3) is 0 Å². The third kappa shape index (κ3) is 3.53. The first-order valence-corrected chi connectivity index (χ1v) is 7.49.